The van der Waals surface area contributed by atoms with Crippen LogP contribution in [0.1, 0.15) is 43.5 Å². The Balaban J connectivity index is 0.00000420. The summed E-state index contributed by atoms with van der Waals surface area (Å²) in [5.74, 6) is 0.232. The Kier molecular flexibility index (Phi) is 9.68. The lowest BCUT2D eigenvalue weighted by Gasteiger charge is -2.39. The van der Waals surface area contributed by atoms with Gasteiger partial charge in [0.2, 0.25) is 5.91 Å². The first-order valence-corrected chi connectivity index (χ1v) is 9.48. The number of rotatable bonds is 7. The molecule has 0 aliphatic carbocycles. The van der Waals surface area contributed by atoms with Crippen molar-refractivity contribution < 1.29 is 23.8 Å². The van der Waals surface area contributed by atoms with Gasteiger partial charge in [0.05, 0.1) is 32.1 Å². The second kappa shape index (κ2) is 11.2. The van der Waals surface area contributed by atoms with Gasteiger partial charge in [0.15, 0.2) is 11.5 Å². The van der Waals surface area contributed by atoms with E-state index in [4.69, 9.17) is 19.9 Å². The zero-order chi connectivity index (χ0) is 20.8. The van der Waals surface area contributed by atoms with E-state index in [1.165, 1.54) is 21.3 Å². The molecule has 1 fully saturated rings. The maximum absolute atomic E-state index is 13.4. The second-order valence-corrected chi connectivity index (χ2v) is 7.15. The van der Waals surface area contributed by atoms with Gasteiger partial charge in [-0.1, -0.05) is 0 Å². The fraction of sp³-hybridized carbons (Fsp3) is 0.600. The third-order valence-corrected chi connectivity index (χ3v) is 5.12. The molecule has 0 bridgehead atoms. The van der Waals surface area contributed by atoms with Crippen molar-refractivity contribution >= 4 is 29.9 Å². The Hall–Kier alpha value is -2.03. The molecule has 2 rings (SSSR count). The Bertz CT molecular complexity index is 706. The maximum Gasteiger partial charge on any atom is 0.256 e. The van der Waals surface area contributed by atoms with Gasteiger partial charge in [0.1, 0.15) is 6.04 Å². The van der Waals surface area contributed by atoms with Crippen LogP contribution >= 0.6 is 12.4 Å². The van der Waals surface area contributed by atoms with Crippen molar-refractivity contribution in [3.05, 3.63) is 17.7 Å². The molecule has 9 heteroatoms. The molecule has 29 heavy (non-hydrogen) atoms. The van der Waals surface area contributed by atoms with E-state index in [2.05, 4.69) is 5.32 Å². The predicted octanol–water partition coefficient (Wildman–Crippen LogP) is 2.44. The molecule has 3 atom stereocenters. The van der Waals surface area contributed by atoms with Gasteiger partial charge in [-0.3, -0.25) is 9.59 Å². The van der Waals surface area contributed by atoms with Crippen molar-refractivity contribution in [1.29, 1.82) is 0 Å². The third kappa shape index (κ3) is 5.74. The summed E-state index contributed by atoms with van der Waals surface area (Å²) in [6.45, 7) is 4.16. The average molecular weight is 430 g/mol. The molecule has 0 radical (unpaired) electrons. The van der Waals surface area contributed by atoms with Crippen LogP contribution in [0.15, 0.2) is 12.1 Å². The van der Waals surface area contributed by atoms with Crippen LogP contribution in [0, 0.1) is 0 Å². The van der Waals surface area contributed by atoms with Gasteiger partial charge in [0.25, 0.3) is 5.91 Å². The minimum atomic E-state index is -0.853. The van der Waals surface area contributed by atoms with Crippen LogP contribution in [0.25, 0.3) is 0 Å². The summed E-state index contributed by atoms with van der Waals surface area (Å²) < 4.78 is 15.6. The maximum atomic E-state index is 13.4. The molecule has 3 unspecified atom stereocenters. The lowest BCUT2D eigenvalue weighted by molar-refractivity contribution is -0.118. The van der Waals surface area contributed by atoms with E-state index >= 15 is 0 Å². The number of carbonyl (C=O) groups is 2. The van der Waals surface area contributed by atoms with Crippen molar-refractivity contribution in [3.63, 3.8) is 0 Å². The number of anilines is 1. The van der Waals surface area contributed by atoms with Crippen molar-refractivity contribution in [1.82, 2.24) is 4.90 Å². The lowest BCUT2D eigenvalue weighted by atomic mass is 9.96. The molecule has 1 aromatic carbocycles. The summed E-state index contributed by atoms with van der Waals surface area (Å²) >= 11 is 0. The van der Waals surface area contributed by atoms with Crippen LogP contribution in [0.2, 0.25) is 0 Å². The Morgan fingerprint density at radius 3 is 2.21 bits per heavy atom. The van der Waals surface area contributed by atoms with E-state index in [0.717, 1.165) is 19.3 Å². The van der Waals surface area contributed by atoms with Crippen molar-refractivity contribution in [2.45, 2.75) is 51.2 Å². The minimum Gasteiger partial charge on any atom is -0.493 e. The largest absolute Gasteiger partial charge is 0.493 e. The van der Waals surface area contributed by atoms with Gasteiger partial charge in [0, 0.05) is 25.3 Å². The number of nitrogens with zero attached hydrogens (tertiary/aromatic N) is 1. The molecule has 1 saturated heterocycles. The van der Waals surface area contributed by atoms with Crippen LogP contribution < -0.4 is 20.5 Å². The number of piperidine rings is 1. The molecule has 164 valence electrons. The Labute approximate surface area is 178 Å². The normalized spacial score (nSPS) is 19.7. The number of ether oxygens (including phenoxy) is 3. The topological polar surface area (TPSA) is 103 Å². The van der Waals surface area contributed by atoms with E-state index in [9.17, 15) is 9.59 Å². The Morgan fingerprint density at radius 2 is 1.69 bits per heavy atom. The fourth-order valence-corrected chi connectivity index (χ4v) is 3.60. The first kappa shape index (κ1) is 25.0. The van der Waals surface area contributed by atoms with Gasteiger partial charge in [-0.15, -0.1) is 12.4 Å². The monoisotopic (exact) mass is 429 g/mol. The van der Waals surface area contributed by atoms with E-state index in [1.807, 2.05) is 18.7 Å². The highest BCUT2D eigenvalue weighted by molar-refractivity contribution is 6.05. The molecular weight excluding hydrogens is 398 g/mol. The number of likely N-dealkylation sites (tertiary alicyclic amines) is 1. The van der Waals surface area contributed by atoms with Crippen LogP contribution in [-0.4, -0.2) is 62.8 Å². The highest BCUT2D eigenvalue weighted by Crippen LogP contribution is 2.35. The molecule has 3 N–H and O–H groups in total. The van der Waals surface area contributed by atoms with Crippen molar-refractivity contribution in [2.75, 3.05) is 33.3 Å². The Morgan fingerprint density at radius 1 is 1.14 bits per heavy atom. The average Bonchev–Trinajstić information content (AvgIpc) is 2.67. The second-order valence-electron chi connectivity index (χ2n) is 7.15. The van der Waals surface area contributed by atoms with Crippen LogP contribution in [0.4, 0.5) is 5.69 Å². The molecule has 0 spiro atoms. The predicted molar refractivity (Wildman–Crippen MR) is 114 cm³/mol. The van der Waals surface area contributed by atoms with E-state index < -0.39 is 11.9 Å². The van der Waals surface area contributed by atoms with Crippen molar-refractivity contribution in [3.8, 4) is 11.5 Å². The molecule has 1 aromatic rings. The summed E-state index contributed by atoms with van der Waals surface area (Å²) in [6.07, 6.45) is 2.99. The zero-order valence-electron chi connectivity index (χ0n) is 17.7. The summed E-state index contributed by atoms with van der Waals surface area (Å²) in [6, 6.07) is 2.57. The molecule has 1 aliphatic rings. The van der Waals surface area contributed by atoms with E-state index in [-0.39, 0.29) is 37.0 Å². The number of amides is 2. The lowest BCUT2D eigenvalue weighted by Crippen LogP contribution is -2.47. The number of halogens is 1. The standard InChI is InChI=1S/C20H31N3O5.ClH/c1-12-7-6-8-13(2)23(12)20(25)14-9-17(27-4)18(28-5)10-16(14)22-19(24)15(21)11-26-3;/h9-10,12-13,15H,6-8,11,21H2,1-5H3,(H,22,24);1H. The zero-order valence-corrected chi connectivity index (χ0v) is 18.5. The number of methoxy groups -OCH3 is 3. The number of hydrogen-bond acceptors (Lipinski definition) is 6. The van der Waals surface area contributed by atoms with Crippen LogP contribution in [0.5, 0.6) is 11.5 Å². The molecular formula is C20H32ClN3O5. The van der Waals surface area contributed by atoms with Gasteiger partial charge in [-0.2, -0.15) is 0 Å². The van der Waals surface area contributed by atoms with Gasteiger partial charge in [-0.05, 0) is 39.2 Å². The number of nitrogens with one attached hydrogen (secondary N) is 1. The summed E-state index contributed by atoms with van der Waals surface area (Å²) in [7, 11) is 4.47. The fourth-order valence-electron chi connectivity index (χ4n) is 3.60. The summed E-state index contributed by atoms with van der Waals surface area (Å²) in [5, 5.41) is 2.74. The summed E-state index contributed by atoms with van der Waals surface area (Å²) in [5.41, 5.74) is 6.51. The van der Waals surface area contributed by atoms with Crippen LogP contribution in [-0.2, 0) is 9.53 Å². The van der Waals surface area contributed by atoms with Crippen LogP contribution in [0.3, 0.4) is 0 Å². The molecule has 0 saturated carbocycles. The molecule has 8 nitrogen and oxygen atoms in total. The number of carbonyl (C=O) groups excluding carboxylic acids is 2. The SMILES string of the molecule is COCC(N)C(=O)Nc1cc(OC)c(OC)cc1C(=O)N1C(C)CCCC1C.Cl. The smallest absolute Gasteiger partial charge is 0.256 e. The number of nitrogens with two attached hydrogens (primary N) is 1. The quantitative estimate of drug-likeness (QED) is 0.690. The van der Waals surface area contributed by atoms with Gasteiger partial charge < -0.3 is 30.2 Å². The molecule has 1 heterocycles. The summed E-state index contributed by atoms with van der Waals surface area (Å²) in [4.78, 5) is 27.7. The number of hydrogen-bond donors (Lipinski definition) is 2. The highest BCUT2D eigenvalue weighted by Gasteiger charge is 2.32. The number of benzene rings is 1. The third-order valence-electron chi connectivity index (χ3n) is 5.12. The van der Waals surface area contributed by atoms with Gasteiger partial charge in [-0.25, -0.2) is 0 Å². The first-order chi connectivity index (χ1) is 13.3. The van der Waals surface area contributed by atoms with E-state index in [1.54, 1.807) is 12.1 Å². The van der Waals surface area contributed by atoms with Crippen molar-refractivity contribution in [2.24, 2.45) is 5.73 Å². The minimum absolute atomic E-state index is 0. The molecule has 1 aliphatic heterocycles. The van der Waals surface area contributed by atoms with E-state index in [0.29, 0.717) is 22.7 Å². The van der Waals surface area contributed by atoms with Gasteiger partial charge >= 0.3 is 0 Å². The highest BCUT2D eigenvalue weighted by atomic mass is 35.5. The molecule has 2 amide bonds. The first-order valence-electron chi connectivity index (χ1n) is 9.48. The molecule has 0 aromatic heterocycles.